The van der Waals surface area contributed by atoms with Crippen molar-refractivity contribution in [1.29, 1.82) is 0 Å². The van der Waals surface area contributed by atoms with Crippen LogP contribution in [-0.2, 0) is 4.74 Å². The number of ether oxygens (including phenoxy) is 1. The maximum absolute atomic E-state index is 10.4. The van der Waals surface area contributed by atoms with Crippen LogP contribution in [0.15, 0.2) is 23.4 Å². The number of pyridine rings is 1. The molecule has 1 atom stereocenters. The second-order valence-electron chi connectivity index (χ2n) is 3.56. The summed E-state index contributed by atoms with van der Waals surface area (Å²) in [5.74, 6) is 0.866. The molecule has 5 nitrogen and oxygen atoms in total. The molecule has 0 N–H and O–H groups in total. The van der Waals surface area contributed by atoms with E-state index in [0.717, 1.165) is 30.2 Å². The Balaban J connectivity index is 1.87. The second kappa shape index (κ2) is 5.27. The summed E-state index contributed by atoms with van der Waals surface area (Å²) in [5, 5.41) is 11.2. The highest BCUT2D eigenvalue weighted by atomic mass is 32.2. The molecule has 0 spiro atoms. The molecule has 1 aromatic rings. The van der Waals surface area contributed by atoms with Gasteiger partial charge in [0.1, 0.15) is 6.20 Å². The lowest BCUT2D eigenvalue weighted by Gasteiger charge is -2.07. The first-order valence-electron chi connectivity index (χ1n) is 5.10. The topological polar surface area (TPSA) is 65.3 Å². The van der Waals surface area contributed by atoms with Gasteiger partial charge in [0.2, 0.25) is 0 Å². The predicted molar refractivity (Wildman–Crippen MR) is 60.6 cm³/mol. The Morgan fingerprint density at radius 1 is 1.62 bits per heavy atom. The van der Waals surface area contributed by atoms with E-state index >= 15 is 0 Å². The lowest BCUT2D eigenvalue weighted by molar-refractivity contribution is -0.385. The molecule has 1 aromatic heterocycles. The third kappa shape index (κ3) is 2.93. The van der Waals surface area contributed by atoms with Crippen molar-refractivity contribution in [3.05, 3.63) is 28.4 Å². The highest BCUT2D eigenvalue weighted by molar-refractivity contribution is 7.99. The number of nitrogens with zero attached hydrogens (tertiary/aromatic N) is 2. The zero-order chi connectivity index (χ0) is 11.4. The van der Waals surface area contributed by atoms with Crippen LogP contribution in [-0.4, -0.2) is 28.4 Å². The zero-order valence-electron chi connectivity index (χ0n) is 8.67. The fourth-order valence-electron chi connectivity index (χ4n) is 1.52. The van der Waals surface area contributed by atoms with Crippen LogP contribution >= 0.6 is 11.8 Å². The van der Waals surface area contributed by atoms with Crippen LogP contribution in [0.25, 0.3) is 0 Å². The van der Waals surface area contributed by atoms with Gasteiger partial charge in [-0.1, -0.05) is 0 Å². The molecule has 1 saturated heterocycles. The Morgan fingerprint density at radius 3 is 3.06 bits per heavy atom. The van der Waals surface area contributed by atoms with E-state index in [-0.39, 0.29) is 5.69 Å². The molecule has 2 heterocycles. The SMILES string of the molecule is O=[N+]([O-])c1ccc(SCC2CCCO2)nc1. The van der Waals surface area contributed by atoms with Crippen LogP contribution in [0.1, 0.15) is 12.8 Å². The largest absolute Gasteiger partial charge is 0.377 e. The molecule has 1 aliphatic rings. The number of hydrogen-bond acceptors (Lipinski definition) is 5. The lowest BCUT2D eigenvalue weighted by Crippen LogP contribution is -2.07. The number of rotatable bonds is 4. The summed E-state index contributed by atoms with van der Waals surface area (Å²) in [4.78, 5) is 14.0. The molecule has 2 rings (SSSR count). The summed E-state index contributed by atoms with van der Waals surface area (Å²) in [6, 6.07) is 3.16. The van der Waals surface area contributed by atoms with Crippen molar-refractivity contribution >= 4 is 17.4 Å². The summed E-state index contributed by atoms with van der Waals surface area (Å²) < 4.78 is 5.48. The van der Waals surface area contributed by atoms with Crippen LogP contribution in [0.4, 0.5) is 5.69 Å². The number of thioether (sulfide) groups is 1. The fraction of sp³-hybridized carbons (Fsp3) is 0.500. The van der Waals surface area contributed by atoms with Gasteiger partial charge in [-0.3, -0.25) is 10.1 Å². The molecule has 1 unspecified atom stereocenters. The Bertz CT molecular complexity index is 363. The molecule has 0 radical (unpaired) electrons. The van der Waals surface area contributed by atoms with Gasteiger partial charge in [0, 0.05) is 18.4 Å². The fourth-order valence-corrected chi connectivity index (χ4v) is 2.43. The molecule has 0 amide bonds. The summed E-state index contributed by atoms with van der Waals surface area (Å²) >= 11 is 1.58. The van der Waals surface area contributed by atoms with Gasteiger partial charge in [-0.15, -0.1) is 11.8 Å². The molecular formula is C10H12N2O3S. The normalized spacial score (nSPS) is 19.9. The van der Waals surface area contributed by atoms with Gasteiger partial charge in [0.05, 0.1) is 16.1 Å². The zero-order valence-corrected chi connectivity index (χ0v) is 9.48. The van der Waals surface area contributed by atoms with Gasteiger partial charge in [-0.2, -0.15) is 0 Å². The van der Waals surface area contributed by atoms with Gasteiger partial charge in [0.15, 0.2) is 0 Å². The highest BCUT2D eigenvalue weighted by Gasteiger charge is 2.16. The maximum atomic E-state index is 10.4. The van der Waals surface area contributed by atoms with Crippen molar-refractivity contribution in [1.82, 2.24) is 4.98 Å². The minimum absolute atomic E-state index is 0.0291. The van der Waals surface area contributed by atoms with E-state index in [0.29, 0.717) is 6.10 Å². The smallest absolute Gasteiger partial charge is 0.287 e. The number of nitro groups is 1. The van der Waals surface area contributed by atoms with Crippen LogP contribution in [0, 0.1) is 10.1 Å². The Labute approximate surface area is 97.4 Å². The minimum atomic E-state index is -0.443. The van der Waals surface area contributed by atoms with E-state index in [4.69, 9.17) is 4.74 Å². The van der Waals surface area contributed by atoms with Gasteiger partial charge in [0.25, 0.3) is 5.69 Å². The quantitative estimate of drug-likeness (QED) is 0.459. The third-order valence-electron chi connectivity index (χ3n) is 2.37. The Kier molecular flexibility index (Phi) is 3.74. The first-order valence-corrected chi connectivity index (χ1v) is 6.09. The van der Waals surface area contributed by atoms with E-state index in [1.165, 1.54) is 12.3 Å². The summed E-state index contributed by atoms with van der Waals surface area (Å²) in [6.45, 7) is 0.846. The van der Waals surface area contributed by atoms with Crippen molar-refractivity contribution in [2.75, 3.05) is 12.4 Å². The van der Waals surface area contributed by atoms with Crippen molar-refractivity contribution in [2.24, 2.45) is 0 Å². The first-order chi connectivity index (χ1) is 7.75. The molecule has 1 fully saturated rings. The summed E-state index contributed by atoms with van der Waals surface area (Å²) in [6.07, 6.45) is 3.82. The molecule has 0 aromatic carbocycles. The van der Waals surface area contributed by atoms with Crippen molar-refractivity contribution in [2.45, 2.75) is 24.0 Å². The van der Waals surface area contributed by atoms with Crippen LogP contribution in [0.5, 0.6) is 0 Å². The van der Waals surface area contributed by atoms with Gasteiger partial charge >= 0.3 is 0 Å². The minimum Gasteiger partial charge on any atom is -0.377 e. The number of hydrogen-bond donors (Lipinski definition) is 0. The van der Waals surface area contributed by atoms with Crippen molar-refractivity contribution in [3.63, 3.8) is 0 Å². The van der Waals surface area contributed by atoms with E-state index in [2.05, 4.69) is 4.98 Å². The summed E-state index contributed by atoms with van der Waals surface area (Å²) in [7, 11) is 0. The van der Waals surface area contributed by atoms with Crippen LogP contribution in [0.2, 0.25) is 0 Å². The van der Waals surface area contributed by atoms with E-state index in [1.54, 1.807) is 17.8 Å². The molecule has 0 saturated carbocycles. The van der Waals surface area contributed by atoms with E-state index < -0.39 is 4.92 Å². The van der Waals surface area contributed by atoms with Crippen molar-refractivity contribution < 1.29 is 9.66 Å². The van der Waals surface area contributed by atoms with Crippen LogP contribution < -0.4 is 0 Å². The van der Waals surface area contributed by atoms with E-state index in [9.17, 15) is 10.1 Å². The molecule has 16 heavy (non-hydrogen) atoms. The average Bonchev–Trinajstić information content (AvgIpc) is 2.80. The highest BCUT2D eigenvalue weighted by Crippen LogP contribution is 2.23. The summed E-state index contributed by atoms with van der Waals surface area (Å²) in [5.41, 5.74) is 0.0291. The second-order valence-corrected chi connectivity index (χ2v) is 4.60. The first kappa shape index (κ1) is 11.3. The number of aromatic nitrogens is 1. The molecule has 1 aliphatic heterocycles. The molecular weight excluding hydrogens is 228 g/mol. The van der Waals surface area contributed by atoms with Gasteiger partial charge in [-0.05, 0) is 18.9 Å². The third-order valence-corrected chi connectivity index (χ3v) is 3.45. The Morgan fingerprint density at radius 2 is 2.50 bits per heavy atom. The molecule has 6 heteroatoms. The molecule has 0 bridgehead atoms. The van der Waals surface area contributed by atoms with Gasteiger partial charge in [-0.25, -0.2) is 4.98 Å². The standard InChI is InChI=1S/C10H12N2O3S/c13-12(14)8-3-4-10(11-6-8)16-7-9-2-1-5-15-9/h3-4,6,9H,1-2,5,7H2. The van der Waals surface area contributed by atoms with Crippen LogP contribution in [0.3, 0.4) is 0 Å². The lowest BCUT2D eigenvalue weighted by atomic mass is 10.3. The predicted octanol–water partition coefficient (Wildman–Crippen LogP) is 2.26. The molecule has 86 valence electrons. The van der Waals surface area contributed by atoms with E-state index in [1.807, 2.05) is 0 Å². The van der Waals surface area contributed by atoms with Crippen molar-refractivity contribution in [3.8, 4) is 0 Å². The average molecular weight is 240 g/mol. The monoisotopic (exact) mass is 240 g/mol. The maximum Gasteiger partial charge on any atom is 0.287 e. The Hall–Kier alpha value is -1.14. The molecule has 0 aliphatic carbocycles. The van der Waals surface area contributed by atoms with Gasteiger partial charge < -0.3 is 4.74 Å².